The zero-order chi connectivity index (χ0) is 26.6. The Morgan fingerprint density at radius 1 is 0.829 bits per heavy atom. The fourth-order valence-corrected chi connectivity index (χ4v) is 3.15. The normalized spacial score (nSPS) is 12.2. The van der Waals surface area contributed by atoms with Crippen molar-refractivity contribution >= 4 is 29.2 Å². The molecule has 0 unspecified atom stereocenters. The zero-order valence-corrected chi connectivity index (χ0v) is 18.7. The summed E-state index contributed by atoms with van der Waals surface area (Å²) in [5.41, 5.74) is -7.27. The molecule has 2 aromatic carbocycles. The van der Waals surface area contributed by atoms with E-state index in [1.54, 1.807) is 0 Å². The molecule has 35 heavy (non-hydrogen) atoms. The van der Waals surface area contributed by atoms with Crippen LogP contribution in [0.3, 0.4) is 0 Å². The monoisotopic (exact) mass is 509 g/mol. The molecule has 0 bridgehead atoms. The van der Waals surface area contributed by atoms with Crippen molar-refractivity contribution in [2.24, 2.45) is 0 Å². The Balaban J connectivity index is 2.22. The number of carbonyl (C=O) groups is 2. The topological polar surface area (TPSA) is 79.5 Å². The average Bonchev–Trinajstić information content (AvgIpc) is 2.72. The molecule has 0 spiro atoms. The van der Waals surface area contributed by atoms with Gasteiger partial charge < -0.3 is 15.4 Å². The second kappa shape index (κ2) is 10.4. The van der Waals surface area contributed by atoms with Crippen LogP contribution in [0.25, 0.3) is 0 Å². The molecule has 0 heterocycles. The van der Waals surface area contributed by atoms with E-state index in [-0.39, 0.29) is 29.1 Å². The van der Waals surface area contributed by atoms with Crippen molar-refractivity contribution < 1.29 is 45.1 Å². The summed E-state index contributed by atoms with van der Waals surface area (Å²) in [5, 5.41) is 7.19. The van der Waals surface area contributed by atoms with Gasteiger partial charge in [0.25, 0.3) is 0 Å². The highest BCUT2D eigenvalue weighted by Crippen LogP contribution is 2.53. The number of hydrogen-bond acceptors (Lipinski definition) is 3. The van der Waals surface area contributed by atoms with E-state index in [2.05, 4.69) is 16.0 Å². The SMILES string of the molecule is CCCOC(=O)Nc1cccc(NC(=O)Nc2c(C)cc(C(F)(C(F)(F)F)C(F)(F)F)cc2C)c1. The molecule has 6 nitrogen and oxygen atoms in total. The van der Waals surface area contributed by atoms with E-state index in [1.807, 2.05) is 6.92 Å². The molecule has 3 amide bonds. The number of amides is 3. The number of alkyl halides is 7. The minimum absolute atomic E-state index is 0.102. The van der Waals surface area contributed by atoms with Gasteiger partial charge in [0, 0.05) is 22.6 Å². The Labute approximate surface area is 195 Å². The van der Waals surface area contributed by atoms with Crippen LogP contribution in [0.4, 0.5) is 57.4 Å². The standard InChI is InChI=1S/C22H22F7N3O3/c1-4-8-35-19(34)31-16-7-5-6-15(11-16)30-18(33)32-17-12(2)9-14(10-13(17)3)20(23,21(24,25)26)22(27,28)29/h5-7,9-11H,4,8H2,1-3H3,(H,31,34)(H2,30,32,33). The molecule has 0 aliphatic heterocycles. The van der Waals surface area contributed by atoms with Crippen LogP contribution >= 0.6 is 0 Å². The quantitative estimate of drug-likeness (QED) is 0.361. The van der Waals surface area contributed by atoms with Gasteiger partial charge >= 0.3 is 30.1 Å². The Hall–Kier alpha value is -3.51. The first kappa shape index (κ1) is 27.7. The lowest BCUT2D eigenvalue weighted by Gasteiger charge is -2.31. The van der Waals surface area contributed by atoms with E-state index in [4.69, 9.17) is 4.74 Å². The maximum absolute atomic E-state index is 14.4. The number of benzene rings is 2. The number of halogens is 7. The summed E-state index contributed by atoms with van der Waals surface area (Å²) in [4.78, 5) is 24.0. The van der Waals surface area contributed by atoms with Gasteiger partial charge in [-0.25, -0.2) is 14.0 Å². The Morgan fingerprint density at radius 2 is 1.34 bits per heavy atom. The van der Waals surface area contributed by atoms with Gasteiger partial charge in [-0.3, -0.25) is 5.32 Å². The van der Waals surface area contributed by atoms with Gasteiger partial charge in [-0.05, 0) is 49.6 Å². The Bertz CT molecular complexity index is 1050. The minimum Gasteiger partial charge on any atom is -0.449 e. The van der Waals surface area contributed by atoms with Crippen LogP contribution in [-0.2, 0) is 10.4 Å². The number of hydrogen-bond donors (Lipinski definition) is 3. The summed E-state index contributed by atoms with van der Waals surface area (Å²) in [7, 11) is 0. The van der Waals surface area contributed by atoms with Crippen molar-refractivity contribution in [2.75, 3.05) is 22.6 Å². The van der Waals surface area contributed by atoms with Crippen molar-refractivity contribution in [2.45, 2.75) is 45.2 Å². The third-order valence-corrected chi connectivity index (χ3v) is 4.75. The van der Waals surface area contributed by atoms with E-state index in [9.17, 15) is 40.3 Å². The molecule has 0 aliphatic carbocycles. The second-order valence-electron chi connectivity index (χ2n) is 7.56. The summed E-state index contributed by atoms with van der Waals surface area (Å²) < 4.78 is 97.7. The maximum Gasteiger partial charge on any atom is 0.435 e. The predicted molar refractivity (Wildman–Crippen MR) is 115 cm³/mol. The third-order valence-electron chi connectivity index (χ3n) is 4.75. The summed E-state index contributed by atoms with van der Waals surface area (Å²) >= 11 is 0. The maximum atomic E-state index is 14.4. The largest absolute Gasteiger partial charge is 0.449 e. The van der Waals surface area contributed by atoms with Crippen molar-refractivity contribution in [3.8, 4) is 0 Å². The lowest BCUT2D eigenvalue weighted by Crippen LogP contribution is -2.50. The molecule has 0 saturated carbocycles. The van der Waals surface area contributed by atoms with Crippen LogP contribution in [0.2, 0.25) is 0 Å². The van der Waals surface area contributed by atoms with Gasteiger partial charge in [-0.1, -0.05) is 25.1 Å². The van der Waals surface area contributed by atoms with E-state index in [0.29, 0.717) is 24.2 Å². The molecule has 0 fully saturated rings. The summed E-state index contributed by atoms with van der Waals surface area (Å²) in [6.07, 6.45) is -12.6. The molecular formula is C22H22F7N3O3. The number of anilines is 3. The smallest absolute Gasteiger partial charge is 0.435 e. The molecular weight excluding hydrogens is 487 g/mol. The van der Waals surface area contributed by atoms with E-state index < -0.39 is 35.7 Å². The van der Waals surface area contributed by atoms with Crippen LogP contribution in [0.1, 0.15) is 30.0 Å². The first-order valence-electron chi connectivity index (χ1n) is 10.2. The van der Waals surface area contributed by atoms with Crippen LogP contribution < -0.4 is 16.0 Å². The number of carbonyl (C=O) groups excluding carboxylic acids is 2. The van der Waals surface area contributed by atoms with Gasteiger partial charge in [-0.15, -0.1) is 0 Å². The van der Waals surface area contributed by atoms with E-state index in [0.717, 1.165) is 13.8 Å². The number of aryl methyl sites for hydroxylation is 2. The van der Waals surface area contributed by atoms with Crippen LogP contribution in [-0.4, -0.2) is 31.1 Å². The fourth-order valence-electron chi connectivity index (χ4n) is 3.15. The van der Waals surface area contributed by atoms with Crippen molar-refractivity contribution in [1.29, 1.82) is 0 Å². The van der Waals surface area contributed by atoms with Gasteiger partial charge in [0.2, 0.25) is 0 Å². The zero-order valence-electron chi connectivity index (χ0n) is 18.7. The van der Waals surface area contributed by atoms with Crippen LogP contribution in [0.15, 0.2) is 36.4 Å². The minimum atomic E-state index is -6.25. The molecule has 3 N–H and O–H groups in total. The highest BCUT2D eigenvalue weighted by atomic mass is 19.4. The molecule has 13 heteroatoms. The molecule has 0 aliphatic rings. The summed E-state index contributed by atoms with van der Waals surface area (Å²) in [6.45, 7) is 4.28. The third kappa shape index (κ3) is 6.34. The lowest BCUT2D eigenvalue weighted by atomic mass is 9.90. The molecule has 0 aromatic heterocycles. The molecule has 0 atom stereocenters. The molecule has 2 rings (SSSR count). The van der Waals surface area contributed by atoms with Gasteiger partial charge in [0.05, 0.1) is 6.61 Å². The Morgan fingerprint density at radius 3 is 1.83 bits per heavy atom. The predicted octanol–water partition coefficient (Wildman–Crippen LogP) is 7.20. The highest BCUT2D eigenvalue weighted by molar-refractivity contribution is 6.01. The van der Waals surface area contributed by atoms with Gasteiger partial charge in [0.15, 0.2) is 0 Å². The summed E-state index contributed by atoms with van der Waals surface area (Å²) in [5.74, 6) is 0. The van der Waals surface area contributed by atoms with Gasteiger partial charge in [0.1, 0.15) is 0 Å². The number of ether oxygens (including phenoxy) is 1. The van der Waals surface area contributed by atoms with Gasteiger partial charge in [-0.2, -0.15) is 26.3 Å². The fraction of sp³-hybridized carbons (Fsp3) is 0.364. The highest BCUT2D eigenvalue weighted by Gasteiger charge is 2.73. The Kier molecular flexibility index (Phi) is 8.24. The molecule has 0 radical (unpaired) electrons. The number of nitrogens with one attached hydrogen (secondary N) is 3. The second-order valence-corrected chi connectivity index (χ2v) is 7.56. The van der Waals surface area contributed by atoms with E-state index >= 15 is 0 Å². The molecule has 0 saturated heterocycles. The summed E-state index contributed by atoms with van der Waals surface area (Å²) in [6, 6.07) is 5.77. The molecule has 2 aromatic rings. The first-order chi connectivity index (χ1) is 16.1. The average molecular weight is 509 g/mol. The van der Waals surface area contributed by atoms with Crippen molar-refractivity contribution in [3.63, 3.8) is 0 Å². The molecule has 192 valence electrons. The number of urea groups is 1. The van der Waals surface area contributed by atoms with Crippen molar-refractivity contribution in [3.05, 3.63) is 53.1 Å². The first-order valence-corrected chi connectivity index (χ1v) is 10.2. The van der Waals surface area contributed by atoms with Crippen LogP contribution in [0.5, 0.6) is 0 Å². The van der Waals surface area contributed by atoms with Crippen molar-refractivity contribution in [1.82, 2.24) is 0 Å². The van der Waals surface area contributed by atoms with Crippen LogP contribution in [0, 0.1) is 13.8 Å². The van der Waals surface area contributed by atoms with E-state index in [1.165, 1.54) is 24.3 Å². The lowest BCUT2D eigenvalue weighted by molar-refractivity contribution is -0.348. The number of rotatable bonds is 6.